The zero-order valence-electron chi connectivity index (χ0n) is 10.9. The Morgan fingerprint density at radius 2 is 2.05 bits per heavy atom. The van der Waals surface area contributed by atoms with Gasteiger partial charge in [-0.2, -0.15) is 5.10 Å². The molecule has 106 valence electrons. The van der Waals surface area contributed by atoms with Gasteiger partial charge in [-0.25, -0.2) is 5.43 Å². The van der Waals surface area contributed by atoms with Gasteiger partial charge in [0.25, 0.3) is 5.91 Å². The van der Waals surface area contributed by atoms with Gasteiger partial charge in [-0.1, -0.05) is 29.8 Å². The van der Waals surface area contributed by atoms with Crippen molar-refractivity contribution in [1.82, 2.24) is 5.43 Å². The van der Waals surface area contributed by atoms with Gasteiger partial charge in [-0.15, -0.1) is 0 Å². The Labute approximate surface area is 126 Å². The number of fused-ring (bicyclic) bond motifs is 1. The van der Waals surface area contributed by atoms with E-state index in [1.165, 1.54) is 6.21 Å². The van der Waals surface area contributed by atoms with E-state index in [1.54, 1.807) is 36.4 Å². The van der Waals surface area contributed by atoms with Crippen LogP contribution in [0.2, 0.25) is 5.02 Å². The molecule has 1 N–H and O–H groups in total. The highest BCUT2D eigenvalue weighted by atomic mass is 35.5. The predicted molar refractivity (Wildman–Crippen MR) is 79.1 cm³/mol. The Balaban J connectivity index is 1.70. The minimum absolute atomic E-state index is 0.153. The number of hydrazone groups is 1. The van der Waals surface area contributed by atoms with Gasteiger partial charge < -0.3 is 9.47 Å². The van der Waals surface area contributed by atoms with Gasteiger partial charge in [0.05, 0.1) is 11.2 Å². The molecule has 1 amide bonds. The maximum atomic E-state index is 11.8. The van der Waals surface area contributed by atoms with E-state index in [-0.39, 0.29) is 12.7 Å². The monoisotopic (exact) mass is 302 g/mol. The summed E-state index contributed by atoms with van der Waals surface area (Å²) in [4.78, 5) is 11.8. The number of hydrogen-bond acceptors (Lipinski definition) is 4. The summed E-state index contributed by atoms with van der Waals surface area (Å²) in [5.41, 5.74) is 3.70. The lowest BCUT2D eigenvalue weighted by atomic mass is 10.2. The molecule has 6 heteroatoms. The fourth-order valence-electron chi connectivity index (χ4n) is 1.88. The number of halogens is 1. The first-order chi connectivity index (χ1) is 10.2. The summed E-state index contributed by atoms with van der Waals surface area (Å²) in [5.74, 6) is 0.819. The van der Waals surface area contributed by atoms with Crippen molar-refractivity contribution in [3.05, 3.63) is 58.6 Å². The van der Waals surface area contributed by atoms with Crippen molar-refractivity contribution in [3.63, 3.8) is 0 Å². The van der Waals surface area contributed by atoms with Gasteiger partial charge in [0, 0.05) is 5.56 Å². The average Bonchev–Trinajstić information content (AvgIpc) is 2.97. The fraction of sp³-hybridized carbons (Fsp3) is 0.0667. The number of hydrogen-bond donors (Lipinski definition) is 1. The van der Waals surface area contributed by atoms with E-state index in [1.807, 2.05) is 6.07 Å². The van der Waals surface area contributed by atoms with Crippen molar-refractivity contribution in [2.24, 2.45) is 5.10 Å². The normalized spacial score (nSPS) is 12.6. The predicted octanol–water partition coefficient (Wildman–Crippen LogP) is 2.83. The first-order valence-electron chi connectivity index (χ1n) is 6.21. The number of nitrogens with one attached hydrogen (secondary N) is 1. The number of benzene rings is 2. The summed E-state index contributed by atoms with van der Waals surface area (Å²) < 4.78 is 10.5. The Morgan fingerprint density at radius 1 is 1.24 bits per heavy atom. The van der Waals surface area contributed by atoms with Gasteiger partial charge in [0.1, 0.15) is 0 Å². The third-order valence-electron chi connectivity index (χ3n) is 2.87. The topological polar surface area (TPSA) is 59.9 Å². The third-order valence-corrected chi connectivity index (χ3v) is 3.15. The zero-order valence-corrected chi connectivity index (χ0v) is 11.6. The van der Waals surface area contributed by atoms with Gasteiger partial charge in [-0.05, 0) is 29.8 Å². The molecule has 21 heavy (non-hydrogen) atoms. The molecule has 3 rings (SSSR count). The SMILES string of the molecule is O=C(N/N=C\c1cc(Cl)c2c(c1)OCO2)c1ccccc1. The average molecular weight is 303 g/mol. The van der Waals surface area contributed by atoms with E-state index in [9.17, 15) is 4.79 Å². The van der Waals surface area contributed by atoms with E-state index in [0.717, 1.165) is 0 Å². The third kappa shape index (κ3) is 2.98. The fourth-order valence-corrected chi connectivity index (χ4v) is 2.16. The van der Waals surface area contributed by atoms with Crippen molar-refractivity contribution in [2.45, 2.75) is 0 Å². The second-order valence-corrected chi connectivity index (χ2v) is 4.71. The van der Waals surface area contributed by atoms with Crippen LogP contribution in [-0.4, -0.2) is 18.9 Å². The standard InChI is InChI=1S/C15H11ClN2O3/c16-12-6-10(7-13-14(12)21-9-20-13)8-17-18-15(19)11-4-2-1-3-5-11/h1-8H,9H2,(H,18,19)/b17-8-. The highest BCUT2D eigenvalue weighted by molar-refractivity contribution is 6.32. The zero-order chi connectivity index (χ0) is 14.7. The van der Waals surface area contributed by atoms with Crippen LogP contribution in [0.3, 0.4) is 0 Å². The molecule has 0 radical (unpaired) electrons. The molecule has 0 saturated carbocycles. The number of carbonyl (C=O) groups is 1. The maximum absolute atomic E-state index is 11.8. The molecule has 0 aliphatic carbocycles. The summed E-state index contributed by atoms with van der Waals surface area (Å²) in [6, 6.07) is 12.3. The molecule has 1 heterocycles. The quantitative estimate of drug-likeness (QED) is 0.700. The van der Waals surface area contributed by atoms with E-state index in [0.29, 0.717) is 27.6 Å². The van der Waals surface area contributed by atoms with Crippen LogP contribution in [0.4, 0.5) is 0 Å². The molecule has 2 aromatic rings. The lowest BCUT2D eigenvalue weighted by Crippen LogP contribution is -2.17. The molecule has 0 atom stereocenters. The molecular weight excluding hydrogens is 292 g/mol. The smallest absolute Gasteiger partial charge is 0.271 e. The summed E-state index contributed by atoms with van der Waals surface area (Å²) in [6.45, 7) is 0.153. The lowest BCUT2D eigenvalue weighted by molar-refractivity contribution is 0.0955. The molecule has 1 aliphatic rings. The lowest BCUT2D eigenvalue weighted by Gasteiger charge is -2.01. The van der Waals surface area contributed by atoms with Crippen LogP contribution in [0, 0.1) is 0 Å². The van der Waals surface area contributed by atoms with Crippen LogP contribution in [0.1, 0.15) is 15.9 Å². The van der Waals surface area contributed by atoms with E-state index >= 15 is 0 Å². The van der Waals surface area contributed by atoms with E-state index < -0.39 is 0 Å². The molecule has 0 fully saturated rings. The minimum Gasteiger partial charge on any atom is -0.454 e. The van der Waals surface area contributed by atoms with Gasteiger partial charge in [0.2, 0.25) is 6.79 Å². The number of nitrogens with zero attached hydrogens (tertiary/aromatic N) is 1. The number of ether oxygens (including phenoxy) is 2. The molecular formula is C15H11ClN2O3. The van der Waals surface area contributed by atoms with Gasteiger partial charge in [-0.3, -0.25) is 4.79 Å². The molecule has 0 unspecified atom stereocenters. The van der Waals surface area contributed by atoms with Gasteiger partial charge in [0.15, 0.2) is 11.5 Å². The number of carbonyl (C=O) groups excluding carboxylic acids is 1. The van der Waals surface area contributed by atoms with Crippen LogP contribution in [-0.2, 0) is 0 Å². The Hall–Kier alpha value is -2.53. The van der Waals surface area contributed by atoms with E-state index in [2.05, 4.69) is 10.5 Å². The van der Waals surface area contributed by atoms with Gasteiger partial charge >= 0.3 is 0 Å². The summed E-state index contributed by atoms with van der Waals surface area (Å²) in [5, 5.41) is 4.35. The summed E-state index contributed by atoms with van der Waals surface area (Å²) >= 11 is 6.06. The van der Waals surface area contributed by atoms with Crippen LogP contribution < -0.4 is 14.9 Å². The molecule has 1 aliphatic heterocycles. The highest BCUT2D eigenvalue weighted by Crippen LogP contribution is 2.39. The highest BCUT2D eigenvalue weighted by Gasteiger charge is 2.17. The molecule has 2 aromatic carbocycles. The molecule has 0 aromatic heterocycles. The Kier molecular flexibility index (Phi) is 3.75. The molecule has 0 spiro atoms. The van der Waals surface area contributed by atoms with Crippen LogP contribution in [0.15, 0.2) is 47.6 Å². The second-order valence-electron chi connectivity index (χ2n) is 4.30. The molecule has 0 saturated heterocycles. The molecule has 5 nitrogen and oxygen atoms in total. The van der Waals surface area contributed by atoms with Crippen LogP contribution in [0.25, 0.3) is 0 Å². The second kappa shape index (κ2) is 5.85. The minimum atomic E-state index is -0.279. The van der Waals surface area contributed by atoms with E-state index in [4.69, 9.17) is 21.1 Å². The maximum Gasteiger partial charge on any atom is 0.271 e. The van der Waals surface area contributed by atoms with Crippen molar-refractivity contribution < 1.29 is 14.3 Å². The number of amides is 1. The first-order valence-corrected chi connectivity index (χ1v) is 6.59. The Bertz CT molecular complexity index is 702. The van der Waals surface area contributed by atoms with Crippen LogP contribution in [0.5, 0.6) is 11.5 Å². The largest absolute Gasteiger partial charge is 0.454 e. The van der Waals surface area contributed by atoms with Crippen LogP contribution >= 0.6 is 11.6 Å². The number of rotatable bonds is 3. The Morgan fingerprint density at radius 3 is 2.86 bits per heavy atom. The van der Waals surface area contributed by atoms with Crippen molar-refractivity contribution in [1.29, 1.82) is 0 Å². The van der Waals surface area contributed by atoms with Crippen molar-refractivity contribution in [3.8, 4) is 11.5 Å². The van der Waals surface area contributed by atoms with Crippen molar-refractivity contribution in [2.75, 3.05) is 6.79 Å². The molecule has 0 bridgehead atoms. The first kappa shape index (κ1) is 13.5. The van der Waals surface area contributed by atoms with Crippen molar-refractivity contribution >= 4 is 23.7 Å². The summed E-state index contributed by atoms with van der Waals surface area (Å²) in [6.07, 6.45) is 1.49. The summed E-state index contributed by atoms with van der Waals surface area (Å²) in [7, 11) is 0.